The predicted octanol–water partition coefficient (Wildman–Crippen LogP) is 4.12. The van der Waals surface area contributed by atoms with Crippen LogP contribution in [0.4, 0.5) is 5.69 Å². The van der Waals surface area contributed by atoms with E-state index in [1.165, 1.54) is 15.3 Å². The molecule has 3 aromatic rings. The maximum Gasteiger partial charge on any atom is 0.173 e. The van der Waals surface area contributed by atoms with Gasteiger partial charge in [-0.3, -0.25) is 4.90 Å². The lowest BCUT2D eigenvalue weighted by atomic mass is 10.2. The zero-order valence-electron chi connectivity index (χ0n) is 14.8. The summed E-state index contributed by atoms with van der Waals surface area (Å²) in [6, 6.07) is 16.6. The molecule has 4 rings (SSSR count). The highest BCUT2D eigenvalue weighted by molar-refractivity contribution is 7.80. The van der Waals surface area contributed by atoms with Gasteiger partial charge >= 0.3 is 0 Å². The Kier molecular flexibility index (Phi) is 5.15. The summed E-state index contributed by atoms with van der Waals surface area (Å²) >= 11 is 7.41. The third kappa shape index (κ3) is 3.87. The number of aromatic nitrogens is 1. The van der Waals surface area contributed by atoms with Crippen LogP contribution < -0.4 is 5.32 Å². The normalized spacial score (nSPS) is 15.3. The van der Waals surface area contributed by atoms with E-state index in [4.69, 9.17) is 17.2 Å². The van der Waals surface area contributed by atoms with Crippen LogP contribution in [0.25, 0.3) is 10.2 Å². The second kappa shape index (κ2) is 7.70. The van der Waals surface area contributed by atoms with Crippen LogP contribution in [0, 0.1) is 6.92 Å². The molecule has 1 aromatic heterocycles. The number of piperazine rings is 1. The van der Waals surface area contributed by atoms with Crippen LogP contribution >= 0.6 is 23.6 Å². The molecule has 0 radical (unpaired) electrons. The molecule has 1 aliphatic heterocycles. The molecule has 1 fully saturated rings. The molecule has 0 amide bonds. The molecule has 26 heavy (non-hydrogen) atoms. The molecule has 0 aliphatic carbocycles. The quantitative estimate of drug-likeness (QED) is 0.689. The van der Waals surface area contributed by atoms with Crippen LogP contribution in [0.2, 0.25) is 0 Å². The highest BCUT2D eigenvalue weighted by Gasteiger charge is 2.20. The van der Waals surface area contributed by atoms with Crippen molar-refractivity contribution < 1.29 is 0 Å². The SMILES string of the molecule is Cc1ccccc1NC(=S)N1CCN(Cc2nc3ccccc3s2)CC1. The van der Waals surface area contributed by atoms with E-state index in [1.54, 1.807) is 11.3 Å². The second-order valence-corrected chi connectivity index (χ2v) is 8.09. The van der Waals surface area contributed by atoms with Gasteiger partial charge in [-0.2, -0.15) is 0 Å². The molecule has 134 valence electrons. The lowest BCUT2D eigenvalue weighted by Gasteiger charge is -2.36. The van der Waals surface area contributed by atoms with E-state index in [0.29, 0.717) is 0 Å². The Balaban J connectivity index is 1.32. The van der Waals surface area contributed by atoms with Crippen molar-refractivity contribution in [2.24, 2.45) is 0 Å². The highest BCUT2D eigenvalue weighted by atomic mass is 32.1. The first kappa shape index (κ1) is 17.4. The van der Waals surface area contributed by atoms with Gasteiger partial charge in [0, 0.05) is 31.9 Å². The van der Waals surface area contributed by atoms with Crippen molar-refractivity contribution >= 4 is 44.6 Å². The number of nitrogens with one attached hydrogen (secondary N) is 1. The summed E-state index contributed by atoms with van der Waals surface area (Å²) in [7, 11) is 0. The molecule has 0 bridgehead atoms. The van der Waals surface area contributed by atoms with Crippen molar-refractivity contribution in [3.8, 4) is 0 Å². The minimum Gasteiger partial charge on any atom is -0.346 e. The van der Waals surface area contributed by atoms with Crippen LogP contribution in [0.15, 0.2) is 48.5 Å². The predicted molar refractivity (Wildman–Crippen MR) is 114 cm³/mol. The minimum atomic E-state index is 0.818. The molecule has 0 spiro atoms. The van der Waals surface area contributed by atoms with E-state index in [-0.39, 0.29) is 0 Å². The molecular weight excluding hydrogens is 360 g/mol. The summed E-state index contributed by atoms with van der Waals surface area (Å²) in [6.45, 7) is 6.92. The van der Waals surface area contributed by atoms with Crippen LogP contribution in [0.1, 0.15) is 10.6 Å². The van der Waals surface area contributed by atoms with Gasteiger partial charge < -0.3 is 10.2 Å². The first-order chi connectivity index (χ1) is 12.7. The number of para-hydroxylation sites is 2. The average Bonchev–Trinajstić information content (AvgIpc) is 3.06. The van der Waals surface area contributed by atoms with Gasteiger partial charge in [-0.05, 0) is 42.9 Å². The maximum atomic E-state index is 5.61. The summed E-state index contributed by atoms with van der Waals surface area (Å²) in [4.78, 5) is 9.48. The third-order valence-corrected chi connectivity index (χ3v) is 6.12. The lowest BCUT2D eigenvalue weighted by Crippen LogP contribution is -2.49. The topological polar surface area (TPSA) is 31.4 Å². The number of hydrogen-bond donors (Lipinski definition) is 1. The Morgan fingerprint density at radius 3 is 2.58 bits per heavy atom. The van der Waals surface area contributed by atoms with Gasteiger partial charge in [0.2, 0.25) is 0 Å². The van der Waals surface area contributed by atoms with Crippen LogP contribution in [0.5, 0.6) is 0 Å². The Hall–Kier alpha value is -2.02. The summed E-state index contributed by atoms with van der Waals surface area (Å²) in [5, 5.41) is 5.40. The standard InChI is InChI=1S/C20H22N4S2/c1-15-6-2-3-7-16(15)22-20(25)24-12-10-23(11-13-24)14-19-21-17-8-4-5-9-18(17)26-19/h2-9H,10-14H2,1H3,(H,22,25). The van der Waals surface area contributed by atoms with E-state index >= 15 is 0 Å². The summed E-state index contributed by atoms with van der Waals surface area (Å²) in [5.74, 6) is 0. The fourth-order valence-corrected chi connectivity index (χ4v) is 4.50. The number of fused-ring (bicyclic) bond motifs is 1. The molecule has 0 saturated carbocycles. The zero-order chi connectivity index (χ0) is 17.9. The van der Waals surface area contributed by atoms with Gasteiger partial charge in [0.15, 0.2) is 5.11 Å². The lowest BCUT2D eigenvalue weighted by molar-refractivity contribution is 0.177. The number of rotatable bonds is 3. The number of nitrogens with zero attached hydrogens (tertiary/aromatic N) is 3. The highest BCUT2D eigenvalue weighted by Crippen LogP contribution is 2.23. The summed E-state index contributed by atoms with van der Waals surface area (Å²) in [5.41, 5.74) is 3.41. The maximum absolute atomic E-state index is 5.61. The van der Waals surface area contributed by atoms with Crippen molar-refractivity contribution in [2.45, 2.75) is 13.5 Å². The molecule has 0 unspecified atom stereocenters. The molecule has 1 aliphatic rings. The van der Waals surface area contributed by atoms with Crippen molar-refractivity contribution in [3.63, 3.8) is 0 Å². The number of anilines is 1. The summed E-state index contributed by atoms with van der Waals surface area (Å²) < 4.78 is 1.27. The Morgan fingerprint density at radius 2 is 1.81 bits per heavy atom. The summed E-state index contributed by atoms with van der Waals surface area (Å²) in [6.07, 6.45) is 0. The first-order valence-corrected chi connectivity index (χ1v) is 10.1. The zero-order valence-corrected chi connectivity index (χ0v) is 16.4. The van der Waals surface area contributed by atoms with E-state index < -0.39 is 0 Å². The van der Waals surface area contributed by atoms with Crippen molar-refractivity contribution in [1.82, 2.24) is 14.8 Å². The molecule has 2 aromatic carbocycles. The van der Waals surface area contributed by atoms with Gasteiger partial charge in [0.1, 0.15) is 5.01 Å². The smallest absolute Gasteiger partial charge is 0.173 e. The van der Waals surface area contributed by atoms with Crippen LogP contribution in [-0.4, -0.2) is 46.1 Å². The number of aryl methyl sites for hydroxylation is 1. The van der Waals surface area contributed by atoms with Gasteiger partial charge in [-0.1, -0.05) is 30.3 Å². The van der Waals surface area contributed by atoms with Gasteiger partial charge in [0.05, 0.1) is 16.8 Å². The number of thiocarbonyl (C=S) groups is 1. The van der Waals surface area contributed by atoms with Crippen molar-refractivity contribution in [2.75, 3.05) is 31.5 Å². The molecule has 0 atom stereocenters. The third-order valence-electron chi connectivity index (χ3n) is 4.74. The monoisotopic (exact) mass is 382 g/mol. The molecule has 1 saturated heterocycles. The Labute approximate surface area is 163 Å². The van der Waals surface area contributed by atoms with E-state index in [2.05, 4.69) is 52.4 Å². The number of thiazole rings is 1. The fraction of sp³-hybridized carbons (Fsp3) is 0.300. The largest absolute Gasteiger partial charge is 0.346 e. The molecule has 6 heteroatoms. The molecule has 4 nitrogen and oxygen atoms in total. The molecule has 2 heterocycles. The minimum absolute atomic E-state index is 0.818. The van der Waals surface area contributed by atoms with E-state index in [0.717, 1.165) is 49.0 Å². The second-order valence-electron chi connectivity index (χ2n) is 6.58. The van der Waals surface area contributed by atoms with Gasteiger partial charge in [-0.15, -0.1) is 11.3 Å². The fourth-order valence-electron chi connectivity index (χ4n) is 3.20. The average molecular weight is 383 g/mol. The number of hydrogen-bond acceptors (Lipinski definition) is 4. The van der Waals surface area contributed by atoms with E-state index in [9.17, 15) is 0 Å². The number of benzene rings is 2. The Bertz CT molecular complexity index is 880. The van der Waals surface area contributed by atoms with Gasteiger partial charge in [-0.25, -0.2) is 4.98 Å². The van der Waals surface area contributed by atoms with Crippen molar-refractivity contribution in [1.29, 1.82) is 0 Å². The van der Waals surface area contributed by atoms with Crippen molar-refractivity contribution in [3.05, 3.63) is 59.1 Å². The van der Waals surface area contributed by atoms with E-state index in [1.807, 2.05) is 18.2 Å². The first-order valence-electron chi connectivity index (χ1n) is 8.87. The molecule has 1 N–H and O–H groups in total. The van der Waals surface area contributed by atoms with Gasteiger partial charge in [0.25, 0.3) is 0 Å². The Morgan fingerprint density at radius 1 is 1.08 bits per heavy atom. The van der Waals surface area contributed by atoms with Crippen LogP contribution in [0.3, 0.4) is 0 Å². The molecular formula is C20H22N4S2. The van der Waals surface area contributed by atoms with Crippen LogP contribution in [-0.2, 0) is 6.54 Å².